The van der Waals surface area contributed by atoms with Crippen molar-refractivity contribution in [1.82, 2.24) is 5.32 Å². The number of halogens is 1. The molecule has 3 aromatic rings. The maximum absolute atomic E-state index is 12.3. The summed E-state index contributed by atoms with van der Waals surface area (Å²) in [5.41, 5.74) is 2.74. The van der Waals surface area contributed by atoms with E-state index in [9.17, 15) is 19.5 Å². The number of benzene rings is 2. The number of furan rings is 1. The maximum atomic E-state index is 12.3. The molecule has 0 bridgehead atoms. The molecule has 8 heteroatoms. The Labute approximate surface area is 176 Å². The van der Waals surface area contributed by atoms with Crippen molar-refractivity contribution in [2.24, 2.45) is 0 Å². The van der Waals surface area contributed by atoms with Gasteiger partial charge in [-0.3, -0.25) is 9.59 Å². The van der Waals surface area contributed by atoms with Gasteiger partial charge in [-0.1, -0.05) is 48.0 Å². The number of aromatic carboxylic acids is 1. The van der Waals surface area contributed by atoms with Crippen molar-refractivity contribution < 1.29 is 29.0 Å². The number of carbonyl (C=O) groups excluding carboxylic acids is 1. The number of amides is 1. The van der Waals surface area contributed by atoms with E-state index in [0.717, 1.165) is 22.8 Å². The summed E-state index contributed by atoms with van der Waals surface area (Å²) in [6, 6.07) is 16.6. The average molecular weight is 428 g/mol. The fourth-order valence-corrected chi connectivity index (χ4v) is 3.19. The van der Waals surface area contributed by atoms with Gasteiger partial charge in [-0.2, -0.15) is 0 Å². The topological polar surface area (TPSA) is 117 Å². The molecule has 0 saturated carbocycles. The molecule has 2 aromatic carbocycles. The molecule has 0 aliphatic carbocycles. The fraction of sp³-hybridized carbons (Fsp3) is 0.136. The standard InChI is InChI=1S/C22H18ClNO6/c23-16-3-1-2-15(11-16)14-6-4-13(5-7-14)10-17(12-20(25)26)24-21(27)18-8-9-19(30-18)22(28)29/h1-9,11,17H,10,12H2,(H,24,27)(H,25,26)(H,28,29)/t17-/m1/s1. The zero-order chi connectivity index (χ0) is 21.7. The summed E-state index contributed by atoms with van der Waals surface area (Å²) in [6.07, 6.45) is -0.0192. The molecule has 1 aromatic heterocycles. The van der Waals surface area contributed by atoms with Crippen molar-refractivity contribution in [3.8, 4) is 11.1 Å². The highest BCUT2D eigenvalue weighted by atomic mass is 35.5. The number of carboxylic acids is 2. The van der Waals surface area contributed by atoms with Crippen LogP contribution in [0.5, 0.6) is 0 Å². The Morgan fingerprint density at radius 1 is 0.933 bits per heavy atom. The first-order valence-electron chi connectivity index (χ1n) is 9.02. The van der Waals surface area contributed by atoms with Crippen LogP contribution in [0.2, 0.25) is 5.02 Å². The molecule has 0 aliphatic heterocycles. The van der Waals surface area contributed by atoms with E-state index in [2.05, 4.69) is 5.32 Å². The van der Waals surface area contributed by atoms with E-state index in [1.54, 1.807) is 6.07 Å². The van der Waals surface area contributed by atoms with Crippen LogP contribution in [-0.4, -0.2) is 34.1 Å². The molecule has 0 spiro atoms. The number of hydrogen-bond acceptors (Lipinski definition) is 4. The zero-order valence-corrected chi connectivity index (χ0v) is 16.4. The summed E-state index contributed by atoms with van der Waals surface area (Å²) in [6.45, 7) is 0. The molecule has 0 aliphatic rings. The molecule has 154 valence electrons. The second kappa shape index (κ2) is 9.28. The Morgan fingerprint density at radius 2 is 1.63 bits per heavy atom. The first-order valence-corrected chi connectivity index (χ1v) is 9.40. The summed E-state index contributed by atoms with van der Waals surface area (Å²) in [7, 11) is 0. The number of carboxylic acid groups (broad SMARTS) is 2. The third-order valence-electron chi connectivity index (χ3n) is 4.39. The van der Waals surface area contributed by atoms with Crippen LogP contribution in [0.4, 0.5) is 0 Å². The van der Waals surface area contributed by atoms with Crippen LogP contribution in [0.1, 0.15) is 33.1 Å². The van der Waals surface area contributed by atoms with Crippen LogP contribution < -0.4 is 5.32 Å². The number of aliphatic carboxylic acids is 1. The molecule has 0 fully saturated rings. The maximum Gasteiger partial charge on any atom is 0.371 e. The Hall–Kier alpha value is -3.58. The minimum absolute atomic E-state index is 0.195. The van der Waals surface area contributed by atoms with Crippen molar-refractivity contribution in [2.45, 2.75) is 18.9 Å². The molecule has 7 nitrogen and oxygen atoms in total. The SMILES string of the molecule is O=C(O)C[C@@H](Cc1ccc(-c2cccc(Cl)c2)cc1)NC(=O)c1ccc(C(=O)O)o1. The summed E-state index contributed by atoms with van der Waals surface area (Å²) in [4.78, 5) is 34.4. The van der Waals surface area contributed by atoms with Crippen molar-refractivity contribution in [2.75, 3.05) is 0 Å². The minimum atomic E-state index is -1.30. The van der Waals surface area contributed by atoms with Crippen LogP contribution in [0.25, 0.3) is 11.1 Å². The van der Waals surface area contributed by atoms with Gasteiger partial charge in [0.05, 0.1) is 6.42 Å². The largest absolute Gasteiger partial charge is 0.481 e. The van der Waals surface area contributed by atoms with Gasteiger partial charge in [0.15, 0.2) is 5.76 Å². The first-order chi connectivity index (χ1) is 14.3. The summed E-state index contributed by atoms with van der Waals surface area (Å²) < 4.78 is 4.97. The monoisotopic (exact) mass is 427 g/mol. The van der Waals surface area contributed by atoms with Gasteiger partial charge < -0.3 is 19.9 Å². The molecule has 30 heavy (non-hydrogen) atoms. The molecule has 1 amide bonds. The van der Waals surface area contributed by atoms with Crippen LogP contribution in [0, 0.1) is 0 Å². The molecule has 0 radical (unpaired) electrons. The molecule has 1 heterocycles. The van der Waals surface area contributed by atoms with Gasteiger partial charge >= 0.3 is 11.9 Å². The highest BCUT2D eigenvalue weighted by molar-refractivity contribution is 6.30. The van der Waals surface area contributed by atoms with Gasteiger partial charge in [0.1, 0.15) is 0 Å². The predicted molar refractivity (Wildman–Crippen MR) is 110 cm³/mol. The van der Waals surface area contributed by atoms with E-state index in [4.69, 9.17) is 21.1 Å². The van der Waals surface area contributed by atoms with Crippen molar-refractivity contribution in [3.63, 3.8) is 0 Å². The van der Waals surface area contributed by atoms with Gasteiger partial charge in [-0.05, 0) is 47.4 Å². The zero-order valence-electron chi connectivity index (χ0n) is 15.7. The van der Waals surface area contributed by atoms with Crippen LogP contribution in [-0.2, 0) is 11.2 Å². The fourth-order valence-electron chi connectivity index (χ4n) is 3.00. The summed E-state index contributed by atoms with van der Waals surface area (Å²) in [5.74, 6) is -3.60. The second-order valence-corrected chi connectivity index (χ2v) is 7.09. The number of rotatable bonds is 8. The van der Waals surface area contributed by atoms with E-state index in [-0.39, 0.29) is 24.4 Å². The lowest BCUT2D eigenvalue weighted by Crippen LogP contribution is -2.38. The molecule has 0 saturated heterocycles. The number of nitrogens with one attached hydrogen (secondary N) is 1. The quantitative estimate of drug-likeness (QED) is 0.498. The van der Waals surface area contributed by atoms with Gasteiger partial charge in [-0.25, -0.2) is 4.79 Å². The Bertz CT molecular complexity index is 1070. The second-order valence-electron chi connectivity index (χ2n) is 6.65. The molecule has 3 rings (SSSR count). The van der Waals surface area contributed by atoms with E-state index < -0.39 is 23.9 Å². The molecule has 0 unspecified atom stereocenters. The number of hydrogen-bond donors (Lipinski definition) is 3. The molecule has 3 N–H and O–H groups in total. The number of carbonyl (C=O) groups is 3. The van der Waals surface area contributed by atoms with Gasteiger partial charge in [-0.15, -0.1) is 0 Å². The van der Waals surface area contributed by atoms with E-state index in [0.29, 0.717) is 5.02 Å². The van der Waals surface area contributed by atoms with Crippen molar-refractivity contribution >= 4 is 29.4 Å². The highest BCUT2D eigenvalue weighted by Gasteiger charge is 2.21. The van der Waals surface area contributed by atoms with E-state index >= 15 is 0 Å². The van der Waals surface area contributed by atoms with Crippen molar-refractivity contribution in [3.05, 3.63) is 82.8 Å². The molecule has 1 atom stereocenters. The minimum Gasteiger partial charge on any atom is -0.481 e. The third kappa shape index (κ3) is 5.48. The van der Waals surface area contributed by atoms with E-state index in [1.165, 1.54) is 6.07 Å². The first kappa shape index (κ1) is 21.1. The third-order valence-corrected chi connectivity index (χ3v) is 4.63. The Morgan fingerprint density at radius 3 is 2.23 bits per heavy atom. The van der Waals surface area contributed by atoms with Gasteiger partial charge in [0.2, 0.25) is 5.76 Å². The molecular weight excluding hydrogens is 410 g/mol. The van der Waals surface area contributed by atoms with Gasteiger partial charge in [0.25, 0.3) is 5.91 Å². The lowest BCUT2D eigenvalue weighted by molar-refractivity contribution is -0.137. The van der Waals surface area contributed by atoms with Gasteiger partial charge in [0, 0.05) is 11.1 Å². The van der Waals surface area contributed by atoms with Crippen LogP contribution in [0.3, 0.4) is 0 Å². The lowest BCUT2D eigenvalue weighted by Gasteiger charge is -2.16. The lowest BCUT2D eigenvalue weighted by atomic mass is 9.99. The molecular formula is C22H18ClNO6. The smallest absolute Gasteiger partial charge is 0.371 e. The van der Waals surface area contributed by atoms with Crippen LogP contribution >= 0.6 is 11.6 Å². The Kier molecular flexibility index (Phi) is 6.54. The van der Waals surface area contributed by atoms with Crippen LogP contribution in [0.15, 0.2) is 65.1 Å². The summed E-state index contributed by atoms with van der Waals surface area (Å²) >= 11 is 6.03. The average Bonchev–Trinajstić information content (AvgIpc) is 3.19. The van der Waals surface area contributed by atoms with E-state index in [1.807, 2.05) is 42.5 Å². The normalized spacial score (nSPS) is 11.6. The van der Waals surface area contributed by atoms with Crippen molar-refractivity contribution in [1.29, 1.82) is 0 Å². The predicted octanol–water partition coefficient (Wildman–Crippen LogP) is 4.11. The Balaban J connectivity index is 1.71. The highest BCUT2D eigenvalue weighted by Crippen LogP contribution is 2.23. The summed E-state index contributed by atoms with van der Waals surface area (Å²) in [5, 5.41) is 21.3.